The summed E-state index contributed by atoms with van der Waals surface area (Å²) in [5, 5.41) is 2.90. The van der Waals surface area contributed by atoms with Crippen LogP contribution < -0.4 is 5.32 Å². The summed E-state index contributed by atoms with van der Waals surface area (Å²) in [6.07, 6.45) is 5.33. The number of urea groups is 1. The Morgan fingerprint density at radius 1 is 1.63 bits per heavy atom. The lowest BCUT2D eigenvalue weighted by atomic mass is 10.1. The van der Waals surface area contributed by atoms with Crippen molar-refractivity contribution in [2.75, 3.05) is 26.3 Å². The third-order valence-corrected chi connectivity index (χ3v) is 3.30. The summed E-state index contributed by atoms with van der Waals surface area (Å²) in [5.74, 6) is 0.478. The summed E-state index contributed by atoms with van der Waals surface area (Å²) in [6.45, 7) is 5.80. The largest absolute Gasteiger partial charge is 0.472 e. The molecule has 106 valence electrons. The van der Waals surface area contributed by atoms with Gasteiger partial charge in [0, 0.05) is 37.7 Å². The van der Waals surface area contributed by atoms with Crippen LogP contribution in [0.1, 0.15) is 25.3 Å². The zero-order valence-corrected chi connectivity index (χ0v) is 11.4. The van der Waals surface area contributed by atoms with Crippen LogP contribution in [0.3, 0.4) is 0 Å². The maximum atomic E-state index is 12.0. The smallest absolute Gasteiger partial charge is 0.317 e. The maximum Gasteiger partial charge on any atom is 0.317 e. The second-order valence-electron chi connectivity index (χ2n) is 4.97. The number of rotatable bonds is 6. The minimum Gasteiger partial charge on any atom is -0.472 e. The summed E-state index contributed by atoms with van der Waals surface area (Å²) in [4.78, 5) is 13.8. The molecular weight excluding hydrogens is 244 g/mol. The van der Waals surface area contributed by atoms with Gasteiger partial charge in [-0.15, -0.1) is 0 Å². The first-order valence-electron chi connectivity index (χ1n) is 6.91. The van der Waals surface area contributed by atoms with Gasteiger partial charge in [0.05, 0.1) is 19.1 Å². The fourth-order valence-electron chi connectivity index (χ4n) is 2.23. The highest BCUT2D eigenvalue weighted by molar-refractivity contribution is 5.74. The molecule has 1 atom stereocenters. The van der Waals surface area contributed by atoms with Crippen molar-refractivity contribution < 1.29 is 13.9 Å². The predicted molar refractivity (Wildman–Crippen MR) is 71.7 cm³/mol. The molecule has 0 spiro atoms. The molecule has 1 aromatic heterocycles. The Morgan fingerprint density at radius 3 is 3.26 bits per heavy atom. The minimum absolute atomic E-state index is 0.000749. The van der Waals surface area contributed by atoms with E-state index in [4.69, 9.17) is 9.15 Å². The van der Waals surface area contributed by atoms with E-state index in [1.54, 1.807) is 12.5 Å². The van der Waals surface area contributed by atoms with Crippen molar-refractivity contribution in [2.24, 2.45) is 5.92 Å². The van der Waals surface area contributed by atoms with Crippen molar-refractivity contribution in [1.29, 1.82) is 0 Å². The lowest BCUT2D eigenvalue weighted by Crippen LogP contribution is -2.38. The molecule has 19 heavy (non-hydrogen) atoms. The molecule has 0 radical (unpaired) electrons. The molecule has 2 rings (SSSR count). The Hall–Kier alpha value is -1.49. The molecule has 0 aromatic carbocycles. The summed E-state index contributed by atoms with van der Waals surface area (Å²) in [6, 6.07) is 1.85. The van der Waals surface area contributed by atoms with Gasteiger partial charge in [-0.2, -0.15) is 0 Å². The fraction of sp³-hybridized carbons (Fsp3) is 0.643. The zero-order valence-electron chi connectivity index (χ0n) is 11.4. The van der Waals surface area contributed by atoms with Gasteiger partial charge in [-0.1, -0.05) is 6.92 Å². The summed E-state index contributed by atoms with van der Waals surface area (Å²) in [7, 11) is 0. The average molecular weight is 266 g/mol. The second kappa shape index (κ2) is 7.19. The average Bonchev–Trinajstić information content (AvgIpc) is 3.07. The van der Waals surface area contributed by atoms with Crippen LogP contribution in [0, 0.1) is 5.92 Å². The van der Waals surface area contributed by atoms with Gasteiger partial charge in [0.2, 0.25) is 0 Å². The Balaban J connectivity index is 1.66. The van der Waals surface area contributed by atoms with Crippen LogP contribution in [0.4, 0.5) is 4.79 Å². The molecule has 1 fully saturated rings. The van der Waals surface area contributed by atoms with Crippen LogP contribution >= 0.6 is 0 Å². The second-order valence-corrected chi connectivity index (χ2v) is 4.97. The van der Waals surface area contributed by atoms with E-state index in [0.29, 0.717) is 12.5 Å². The van der Waals surface area contributed by atoms with E-state index in [1.807, 2.05) is 11.0 Å². The van der Waals surface area contributed by atoms with E-state index in [2.05, 4.69) is 12.2 Å². The summed E-state index contributed by atoms with van der Waals surface area (Å²) < 4.78 is 10.5. The third kappa shape index (κ3) is 4.28. The van der Waals surface area contributed by atoms with E-state index in [9.17, 15) is 4.79 Å². The molecule has 1 aliphatic rings. The molecule has 5 nitrogen and oxygen atoms in total. The molecule has 0 bridgehead atoms. The number of nitrogens with zero attached hydrogens (tertiary/aromatic N) is 1. The van der Waals surface area contributed by atoms with Gasteiger partial charge in [-0.25, -0.2) is 4.79 Å². The van der Waals surface area contributed by atoms with E-state index >= 15 is 0 Å². The molecule has 5 heteroatoms. The van der Waals surface area contributed by atoms with Gasteiger partial charge >= 0.3 is 6.03 Å². The third-order valence-electron chi connectivity index (χ3n) is 3.30. The first-order chi connectivity index (χ1) is 9.29. The number of nitrogens with one attached hydrogen (secondary N) is 1. The topological polar surface area (TPSA) is 54.7 Å². The van der Waals surface area contributed by atoms with Crippen LogP contribution in [-0.2, 0) is 11.3 Å². The van der Waals surface area contributed by atoms with E-state index in [1.165, 1.54) is 0 Å². The van der Waals surface area contributed by atoms with Crippen LogP contribution in [0.2, 0.25) is 0 Å². The molecule has 1 N–H and O–H groups in total. The number of carbonyl (C=O) groups is 1. The van der Waals surface area contributed by atoms with Crippen LogP contribution in [-0.4, -0.2) is 37.2 Å². The Labute approximate surface area is 113 Å². The lowest BCUT2D eigenvalue weighted by Gasteiger charge is -2.17. The van der Waals surface area contributed by atoms with Crippen molar-refractivity contribution in [3.63, 3.8) is 0 Å². The molecule has 2 amide bonds. The van der Waals surface area contributed by atoms with Crippen molar-refractivity contribution >= 4 is 6.03 Å². The lowest BCUT2D eigenvalue weighted by molar-refractivity contribution is 0.102. The standard InChI is InChI=1S/C14H22N2O3/c1-2-6-18-11-13-3-5-16(9-13)14(17)15-8-12-4-7-19-10-12/h4,7,10,13H,2-3,5-6,8-9,11H2,1H3,(H,15,17)/t13-/m1/s1. The highest BCUT2D eigenvalue weighted by atomic mass is 16.5. The Bertz CT molecular complexity index is 378. The highest BCUT2D eigenvalue weighted by Gasteiger charge is 2.26. The van der Waals surface area contributed by atoms with E-state index in [-0.39, 0.29) is 6.03 Å². The molecule has 2 heterocycles. The molecule has 1 aromatic rings. The first kappa shape index (κ1) is 13.9. The predicted octanol–water partition coefficient (Wildman–Crippen LogP) is 2.24. The quantitative estimate of drug-likeness (QED) is 0.803. The molecule has 0 saturated carbocycles. The zero-order chi connectivity index (χ0) is 13.5. The summed E-state index contributed by atoms with van der Waals surface area (Å²) in [5.41, 5.74) is 0.982. The van der Waals surface area contributed by atoms with Gasteiger partial charge in [0.1, 0.15) is 0 Å². The number of furan rings is 1. The Morgan fingerprint density at radius 2 is 2.53 bits per heavy atom. The van der Waals surface area contributed by atoms with Crippen molar-refractivity contribution in [1.82, 2.24) is 10.2 Å². The van der Waals surface area contributed by atoms with Crippen molar-refractivity contribution in [3.05, 3.63) is 24.2 Å². The Kier molecular flexibility index (Phi) is 5.27. The first-order valence-corrected chi connectivity index (χ1v) is 6.91. The van der Waals surface area contributed by atoms with Crippen molar-refractivity contribution in [2.45, 2.75) is 26.3 Å². The highest BCUT2D eigenvalue weighted by Crippen LogP contribution is 2.16. The molecule has 0 aliphatic carbocycles. The fourth-order valence-corrected chi connectivity index (χ4v) is 2.23. The van der Waals surface area contributed by atoms with Crippen LogP contribution in [0.5, 0.6) is 0 Å². The maximum absolute atomic E-state index is 12.0. The van der Waals surface area contributed by atoms with Crippen LogP contribution in [0.25, 0.3) is 0 Å². The number of likely N-dealkylation sites (tertiary alicyclic amines) is 1. The van der Waals surface area contributed by atoms with E-state index in [0.717, 1.165) is 44.7 Å². The normalized spacial score (nSPS) is 18.8. The minimum atomic E-state index is -0.000749. The van der Waals surface area contributed by atoms with Gasteiger partial charge in [0.15, 0.2) is 0 Å². The van der Waals surface area contributed by atoms with Gasteiger partial charge in [0.25, 0.3) is 0 Å². The van der Waals surface area contributed by atoms with Crippen LogP contribution in [0.15, 0.2) is 23.0 Å². The molecule has 0 unspecified atom stereocenters. The monoisotopic (exact) mass is 266 g/mol. The van der Waals surface area contributed by atoms with E-state index < -0.39 is 0 Å². The SMILES string of the molecule is CCCOC[C@@H]1CCN(C(=O)NCc2ccoc2)C1. The number of ether oxygens (including phenoxy) is 1. The summed E-state index contributed by atoms with van der Waals surface area (Å²) >= 11 is 0. The number of hydrogen-bond acceptors (Lipinski definition) is 3. The van der Waals surface area contributed by atoms with Gasteiger partial charge in [-0.05, 0) is 18.9 Å². The van der Waals surface area contributed by atoms with Gasteiger partial charge in [-0.3, -0.25) is 0 Å². The molecule has 1 saturated heterocycles. The number of hydrogen-bond donors (Lipinski definition) is 1. The van der Waals surface area contributed by atoms with Crippen molar-refractivity contribution in [3.8, 4) is 0 Å². The number of amides is 2. The number of carbonyl (C=O) groups excluding carboxylic acids is 1. The molecular formula is C14H22N2O3. The molecule has 1 aliphatic heterocycles. The van der Waals surface area contributed by atoms with Gasteiger partial charge < -0.3 is 19.4 Å².